The van der Waals surface area contributed by atoms with E-state index < -0.39 is 10.0 Å². The number of nitrogens with one attached hydrogen (secondary N) is 1. The lowest BCUT2D eigenvalue weighted by molar-refractivity contribution is 0.459. The van der Waals surface area contributed by atoms with E-state index in [-0.39, 0.29) is 5.75 Å². The standard InChI is InChI=1S/C18H21N5O3S/c1-5-27(24,25)22-15-6-8-16(9-7-15)26-18-11-17(19-14(4)20-18)23-13(3)10-12(2)21-23/h6-11,22H,5H2,1-4H3. The van der Waals surface area contributed by atoms with E-state index in [4.69, 9.17) is 4.74 Å². The predicted molar refractivity (Wildman–Crippen MR) is 103 cm³/mol. The fraction of sp³-hybridized carbons (Fsp3) is 0.278. The van der Waals surface area contributed by atoms with Crippen molar-refractivity contribution < 1.29 is 13.2 Å². The zero-order valence-electron chi connectivity index (χ0n) is 15.6. The summed E-state index contributed by atoms with van der Waals surface area (Å²) in [6.07, 6.45) is 0. The summed E-state index contributed by atoms with van der Waals surface area (Å²) in [6, 6.07) is 10.3. The molecule has 0 saturated heterocycles. The van der Waals surface area contributed by atoms with Crippen LogP contribution in [0.15, 0.2) is 36.4 Å². The third-order valence-corrected chi connectivity index (χ3v) is 5.06. The fourth-order valence-electron chi connectivity index (χ4n) is 2.51. The Morgan fingerprint density at radius 1 is 1.07 bits per heavy atom. The van der Waals surface area contributed by atoms with Gasteiger partial charge in [0, 0.05) is 17.4 Å². The van der Waals surface area contributed by atoms with E-state index in [1.54, 1.807) is 48.9 Å². The summed E-state index contributed by atoms with van der Waals surface area (Å²) in [5.74, 6) is 2.11. The Balaban J connectivity index is 1.83. The van der Waals surface area contributed by atoms with Crippen LogP contribution in [0.4, 0.5) is 5.69 Å². The van der Waals surface area contributed by atoms with Crippen molar-refractivity contribution in [3.05, 3.63) is 53.6 Å². The van der Waals surface area contributed by atoms with Crippen LogP contribution in [0.2, 0.25) is 0 Å². The SMILES string of the molecule is CCS(=O)(=O)Nc1ccc(Oc2cc(-n3nc(C)cc3C)nc(C)n2)cc1. The number of hydrogen-bond donors (Lipinski definition) is 1. The largest absolute Gasteiger partial charge is 0.439 e. The number of rotatable bonds is 6. The van der Waals surface area contributed by atoms with Crippen molar-refractivity contribution in [1.82, 2.24) is 19.7 Å². The lowest BCUT2D eigenvalue weighted by Gasteiger charge is -2.10. The molecule has 0 saturated carbocycles. The van der Waals surface area contributed by atoms with Gasteiger partial charge in [0.1, 0.15) is 11.6 Å². The van der Waals surface area contributed by atoms with Crippen LogP contribution in [-0.2, 0) is 10.0 Å². The maximum Gasteiger partial charge on any atom is 0.232 e. The van der Waals surface area contributed by atoms with E-state index in [9.17, 15) is 8.42 Å². The second-order valence-corrected chi connectivity index (χ2v) is 8.09. The molecule has 27 heavy (non-hydrogen) atoms. The van der Waals surface area contributed by atoms with Crippen LogP contribution in [0.3, 0.4) is 0 Å². The van der Waals surface area contributed by atoms with Crippen LogP contribution < -0.4 is 9.46 Å². The zero-order valence-corrected chi connectivity index (χ0v) is 16.4. The molecule has 0 atom stereocenters. The van der Waals surface area contributed by atoms with Crippen molar-refractivity contribution in [3.8, 4) is 17.4 Å². The zero-order chi connectivity index (χ0) is 19.6. The topological polar surface area (TPSA) is 99.0 Å². The first-order chi connectivity index (χ1) is 12.8. The first-order valence-electron chi connectivity index (χ1n) is 8.43. The van der Waals surface area contributed by atoms with E-state index in [2.05, 4.69) is 19.8 Å². The maximum atomic E-state index is 11.6. The lowest BCUT2D eigenvalue weighted by Crippen LogP contribution is -2.14. The Morgan fingerprint density at radius 2 is 1.78 bits per heavy atom. The Hall–Kier alpha value is -2.94. The predicted octanol–water partition coefficient (Wildman–Crippen LogP) is 3.14. The molecule has 0 aliphatic carbocycles. The van der Waals surface area contributed by atoms with Gasteiger partial charge in [0.2, 0.25) is 15.9 Å². The van der Waals surface area contributed by atoms with Crippen LogP contribution in [0.5, 0.6) is 11.6 Å². The average molecular weight is 387 g/mol. The Morgan fingerprint density at radius 3 is 2.37 bits per heavy atom. The number of hydrogen-bond acceptors (Lipinski definition) is 6. The second-order valence-electron chi connectivity index (χ2n) is 6.08. The van der Waals surface area contributed by atoms with Gasteiger partial charge in [-0.1, -0.05) is 0 Å². The van der Waals surface area contributed by atoms with Gasteiger partial charge in [-0.25, -0.2) is 18.1 Å². The smallest absolute Gasteiger partial charge is 0.232 e. The highest BCUT2D eigenvalue weighted by atomic mass is 32.2. The van der Waals surface area contributed by atoms with E-state index in [0.717, 1.165) is 11.4 Å². The summed E-state index contributed by atoms with van der Waals surface area (Å²) < 4.78 is 33.3. The van der Waals surface area contributed by atoms with Gasteiger partial charge >= 0.3 is 0 Å². The molecule has 0 bridgehead atoms. The quantitative estimate of drug-likeness (QED) is 0.698. The van der Waals surface area contributed by atoms with Crippen molar-refractivity contribution in [2.24, 2.45) is 0 Å². The lowest BCUT2D eigenvalue weighted by atomic mass is 10.3. The van der Waals surface area contributed by atoms with Crippen molar-refractivity contribution in [1.29, 1.82) is 0 Å². The number of benzene rings is 1. The molecule has 0 aliphatic heterocycles. The molecule has 2 aromatic heterocycles. The van der Waals surface area contributed by atoms with Gasteiger partial charge in [0.15, 0.2) is 5.82 Å². The maximum absolute atomic E-state index is 11.6. The van der Waals surface area contributed by atoms with Crippen molar-refractivity contribution in [2.75, 3.05) is 10.5 Å². The summed E-state index contributed by atoms with van der Waals surface area (Å²) in [7, 11) is -3.31. The molecule has 0 amide bonds. The summed E-state index contributed by atoms with van der Waals surface area (Å²) in [5, 5.41) is 4.43. The monoisotopic (exact) mass is 387 g/mol. The van der Waals surface area contributed by atoms with Crippen LogP contribution >= 0.6 is 0 Å². The molecular formula is C18H21N5O3S. The Kier molecular flexibility index (Phi) is 5.13. The molecule has 0 spiro atoms. The molecule has 2 heterocycles. The molecule has 1 aromatic carbocycles. The number of aryl methyl sites for hydroxylation is 3. The van der Waals surface area contributed by atoms with Gasteiger partial charge in [0.05, 0.1) is 11.4 Å². The minimum atomic E-state index is -3.31. The van der Waals surface area contributed by atoms with E-state index in [0.29, 0.717) is 29.0 Å². The Bertz CT molecular complexity index is 1060. The molecular weight excluding hydrogens is 366 g/mol. The summed E-state index contributed by atoms with van der Waals surface area (Å²) in [6.45, 7) is 7.24. The molecule has 9 heteroatoms. The highest BCUT2D eigenvalue weighted by Gasteiger charge is 2.10. The first-order valence-corrected chi connectivity index (χ1v) is 10.1. The molecule has 0 radical (unpaired) electrons. The molecule has 3 aromatic rings. The molecule has 3 rings (SSSR count). The first kappa shape index (κ1) is 18.8. The van der Waals surface area contributed by atoms with Crippen LogP contribution in [0, 0.1) is 20.8 Å². The third kappa shape index (κ3) is 4.62. The van der Waals surface area contributed by atoms with Gasteiger partial charge in [-0.15, -0.1) is 0 Å². The number of ether oxygens (including phenoxy) is 1. The molecule has 1 N–H and O–H groups in total. The van der Waals surface area contributed by atoms with Gasteiger partial charge < -0.3 is 4.74 Å². The van der Waals surface area contributed by atoms with Crippen LogP contribution in [0.25, 0.3) is 5.82 Å². The number of sulfonamides is 1. The normalized spacial score (nSPS) is 11.4. The third-order valence-electron chi connectivity index (χ3n) is 3.76. The second kappa shape index (κ2) is 7.36. The van der Waals surface area contributed by atoms with Crippen molar-refractivity contribution in [3.63, 3.8) is 0 Å². The van der Waals surface area contributed by atoms with E-state index in [1.165, 1.54) is 0 Å². The highest BCUT2D eigenvalue weighted by molar-refractivity contribution is 7.92. The van der Waals surface area contributed by atoms with Gasteiger partial charge in [-0.05, 0) is 58.0 Å². The summed E-state index contributed by atoms with van der Waals surface area (Å²) in [5.41, 5.74) is 2.34. The van der Waals surface area contributed by atoms with Crippen molar-refractivity contribution >= 4 is 15.7 Å². The number of aromatic nitrogens is 4. The minimum absolute atomic E-state index is 0.0144. The minimum Gasteiger partial charge on any atom is -0.439 e. The van der Waals surface area contributed by atoms with Gasteiger partial charge in [-0.2, -0.15) is 10.1 Å². The molecule has 0 unspecified atom stereocenters. The number of nitrogens with zero attached hydrogens (tertiary/aromatic N) is 4. The van der Waals surface area contributed by atoms with Gasteiger partial charge in [-0.3, -0.25) is 4.72 Å². The Labute approximate surface area is 158 Å². The molecule has 0 fully saturated rings. The van der Waals surface area contributed by atoms with Crippen LogP contribution in [-0.4, -0.2) is 33.9 Å². The highest BCUT2D eigenvalue weighted by Crippen LogP contribution is 2.24. The summed E-state index contributed by atoms with van der Waals surface area (Å²) in [4.78, 5) is 8.72. The number of anilines is 1. The van der Waals surface area contributed by atoms with E-state index >= 15 is 0 Å². The fourth-order valence-corrected chi connectivity index (χ4v) is 3.15. The summed E-state index contributed by atoms with van der Waals surface area (Å²) >= 11 is 0. The average Bonchev–Trinajstić information content (AvgIpc) is 2.94. The molecule has 0 aliphatic rings. The van der Waals surface area contributed by atoms with Crippen molar-refractivity contribution in [2.45, 2.75) is 27.7 Å². The molecule has 8 nitrogen and oxygen atoms in total. The van der Waals surface area contributed by atoms with Gasteiger partial charge in [0.25, 0.3) is 0 Å². The molecule has 142 valence electrons. The van der Waals surface area contributed by atoms with E-state index in [1.807, 2.05) is 19.9 Å². The van der Waals surface area contributed by atoms with Crippen LogP contribution in [0.1, 0.15) is 24.1 Å².